The van der Waals surface area contributed by atoms with Gasteiger partial charge in [-0.25, -0.2) is 9.37 Å². The molecule has 8 atom stereocenters. The van der Waals surface area contributed by atoms with Gasteiger partial charge in [0.1, 0.15) is 6.17 Å². The largest absolute Gasteiger partial charge is 0.369 e. The lowest BCUT2D eigenvalue weighted by Crippen LogP contribution is -2.73. The maximum absolute atomic E-state index is 16.2. The second-order valence-electron chi connectivity index (χ2n) is 14.1. The number of fused-ring (bicyclic) bond motifs is 2. The maximum Gasteiger partial charge on any atom is 0.259 e. The van der Waals surface area contributed by atoms with E-state index >= 15 is 4.39 Å². The molecule has 0 radical (unpaired) electrons. The molecule has 0 spiro atoms. The molecular formula is C38H45FN6O3. The second-order valence-corrected chi connectivity index (χ2v) is 14.1. The summed E-state index contributed by atoms with van der Waals surface area (Å²) in [6.07, 6.45) is 9.14. The van der Waals surface area contributed by atoms with Crippen LogP contribution in [0.15, 0.2) is 91.2 Å². The molecule has 1 N–H and O–H groups in total. The number of carbonyl (C=O) groups excluding carboxylic acids is 2. The van der Waals surface area contributed by atoms with Crippen molar-refractivity contribution in [3.63, 3.8) is 0 Å². The number of aromatic nitrogens is 2. The highest BCUT2D eigenvalue weighted by molar-refractivity contribution is 6.20. The zero-order valence-electron chi connectivity index (χ0n) is 27.3. The number of hydrogen-bond donors (Lipinski definition) is 1. The van der Waals surface area contributed by atoms with E-state index in [2.05, 4.69) is 56.5 Å². The fourth-order valence-corrected chi connectivity index (χ4v) is 8.95. The van der Waals surface area contributed by atoms with Crippen LogP contribution in [0, 0.1) is 5.92 Å². The third-order valence-electron chi connectivity index (χ3n) is 11.4. The van der Waals surface area contributed by atoms with Crippen LogP contribution in [0.25, 0.3) is 0 Å². The van der Waals surface area contributed by atoms with Gasteiger partial charge in [-0.15, -0.1) is 0 Å². The van der Waals surface area contributed by atoms with Gasteiger partial charge in [-0.3, -0.25) is 9.59 Å². The van der Waals surface area contributed by atoms with Crippen LogP contribution >= 0.6 is 0 Å². The van der Waals surface area contributed by atoms with Crippen LogP contribution in [0.4, 0.5) is 10.1 Å². The third kappa shape index (κ3) is 5.94. The first-order valence-corrected chi connectivity index (χ1v) is 17.7. The number of amides is 1. The van der Waals surface area contributed by atoms with Crippen LogP contribution in [0.1, 0.15) is 43.6 Å². The summed E-state index contributed by atoms with van der Waals surface area (Å²) >= 11 is 0. The maximum atomic E-state index is 16.2. The van der Waals surface area contributed by atoms with Crippen LogP contribution in [-0.4, -0.2) is 100 Å². The number of nitrogens with one attached hydrogen (secondary N) is 1. The van der Waals surface area contributed by atoms with Crippen molar-refractivity contribution in [2.75, 3.05) is 37.6 Å². The molecule has 1 amide bonds. The number of ether oxygens (including phenoxy) is 1. The van der Waals surface area contributed by atoms with Crippen molar-refractivity contribution in [1.82, 2.24) is 24.7 Å². The summed E-state index contributed by atoms with van der Waals surface area (Å²) in [5.74, 6) is -0.717. The molecule has 2 aliphatic carbocycles. The van der Waals surface area contributed by atoms with Crippen molar-refractivity contribution in [1.29, 1.82) is 0 Å². The van der Waals surface area contributed by atoms with Crippen molar-refractivity contribution in [3.8, 4) is 0 Å². The molecule has 8 unspecified atom stereocenters. The monoisotopic (exact) mass is 652 g/mol. The number of carbonyl (C=O) groups is 2. The molecule has 1 aromatic heterocycles. The summed E-state index contributed by atoms with van der Waals surface area (Å²) in [5, 5.41) is 3.50. The number of halogens is 1. The third-order valence-corrected chi connectivity index (χ3v) is 11.4. The quantitative estimate of drug-likeness (QED) is 0.289. The highest BCUT2D eigenvalue weighted by atomic mass is 19.1. The minimum absolute atomic E-state index is 0.0107. The molecule has 5 aliphatic rings. The number of hydrogen-bond acceptors (Lipinski definition) is 7. The molecule has 48 heavy (non-hydrogen) atoms. The Morgan fingerprint density at radius 3 is 2.50 bits per heavy atom. The predicted octanol–water partition coefficient (Wildman–Crippen LogP) is 4.18. The van der Waals surface area contributed by atoms with Gasteiger partial charge >= 0.3 is 0 Å². The summed E-state index contributed by atoms with van der Waals surface area (Å²) in [6.45, 7) is 3.90. The van der Waals surface area contributed by atoms with Gasteiger partial charge in [0.05, 0.1) is 42.2 Å². The number of imidazole rings is 1. The van der Waals surface area contributed by atoms with E-state index < -0.39 is 24.2 Å². The van der Waals surface area contributed by atoms with E-state index in [-0.39, 0.29) is 41.9 Å². The molecule has 2 aromatic carbocycles. The Kier molecular flexibility index (Phi) is 8.77. The lowest BCUT2D eigenvalue weighted by Gasteiger charge is -2.60. The number of piperazine rings is 1. The zero-order chi connectivity index (χ0) is 32.6. The van der Waals surface area contributed by atoms with E-state index in [0.717, 1.165) is 37.9 Å². The van der Waals surface area contributed by atoms with Gasteiger partial charge in [-0.1, -0.05) is 48.5 Å². The van der Waals surface area contributed by atoms with Crippen LogP contribution < -0.4 is 10.2 Å². The Morgan fingerprint density at radius 1 is 0.979 bits per heavy atom. The van der Waals surface area contributed by atoms with Gasteiger partial charge in [-0.2, -0.15) is 0 Å². The van der Waals surface area contributed by atoms with E-state index in [4.69, 9.17) is 4.74 Å². The average Bonchev–Trinajstić information content (AvgIpc) is 3.66. The van der Waals surface area contributed by atoms with E-state index in [0.29, 0.717) is 38.6 Å². The Labute approximate surface area is 281 Å². The first-order chi connectivity index (χ1) is 23.5. The van der Waals surface area contributed by atoms with Crippen molar-refractivity contribution in [3.05, 3.63) is 96.7 Å². The Morgan fingerprint density at radius 2 is 1.75 bits per heavy atom. The van der Waals surface area contributed by atoms with E-state index in [9.17, 15) is 9.59 Å². The van der Waals surface area contributed by atoms with Gasteiger partial charge in [0.15, 0.2) is 5.78 Å². The highest BCUT2D eigenvalue weighted by Gasteiger charge is 2.59. The normalized spacial score (nSPS) is 31.6. The SMILES string of the molecule is O=C1C(C(=O)N2CCN(c3ccccc3)CC2)=CN2C3CC(c4ccccc4)CCC3OC3C(NCCCn4ccnc4)C(F)CC1C32. The van der Waals surface area contributed by atoms with Crippen molar-refractivity contribution in [2.45, 2.75) is 81.1 Å². The van der Waals surface area contributed by atoms with Gasteiger partial charge in [0, 0.05) is 62.9 Å². The minimum atomic E-state index is -1.25. The topological polar surface area (TPSA) is 82.9 Å². The number of Topliss-reactive ketones (excluding diaryl/α,β-unsaturated/α-hetero) is 1. The summed E-state index contributed by atoms with van der Waals surface area (Å²) in [7, 11) is 0. The molecule has 4 heterocycles. The molecule has 10 heteroatoms. The molecule has 2 saturated heterocycles. The van der Waals surface area contributed by atoms with Crippen LogP contribution in [0.3, 0.4) is 0 Å². The molecule has 9 nitrogen and oxygen atoms in total. The Hall–Kier alpha value is -4.02. The van der Waals surface area contributed by atoms with Crippen molar-refractivity contribution < 1.29 is 18.7 Å². The molecule has 252 valence electrons. The summed E-state index contributed by atoms with van der Waals surface area (Å²) in [4.78, 5) is 38.9. The first-order valence-electron chi connectivity index (χ1n) is 17.7. The average molecular weight is 653 g/mol. The molecule has 3 aliphatic heterocycles. The Bertz CT molecular complexity index is 1590. The molecule has 8 rings (SSSR count). The number of alkyl halides is 1. The lowest BCUT2D eigenvalue weighted by atomic mass is 9.68. The van der Waals surface area contributed by atoms with Crippen molar-refractivity contribution in [2.24, 2.45) is 5.92 Å². The number of para-hydroxylation sites is 1. The number of aryl methyl sites for hydroxylation is 1. The van der Waals surface area contributed by atoms with E-state index in [1.54, 1.807) is 12.5 Å². The number of morpholine rings is 1. The second kappa shape index (κ2) is 13.5. The number of ketones is 1. The van der Waals surface area contributed by atoms with Crippen molar-refractivity contribution >= 4 is 17.4 Å². The smallest absolute Gasteiger partial charge is 0.259 e. The van der Waals surface area contributed by atoms with E-state index in [1.807, 2.05) is 46.1 Å². The minimum Gasteiger partial charge on any atom is -0.369 e. The molecule has 3 aromatic rings. The Balaban J connectivity index is 1.05. The fourth-order valence-electron chi connectivity index (χ4n) is 8.95. The zero-order valence-corrected chi connectivity index (χ0v) is 27.3. The number of benzene rings is 2. The van der Waals surface area contributed by atoms with Gasteiger partial charge in [0.25, 0.3) is 5.91 Å². The highest BCUT2D eigenvalue weighted by Crippen LogP contribution is 2.48. The summed E-state index contributed by atoms with van der Waals surface area (Å²) in [5.41, 5.74) is 2.66. The van der Waals surface area contributed by atoms with Crippen LogP contribution in [0.5, 0.6) is 0 Å². The fraction of sp³-hybridized carbons (Fsp3) is 0.500. The summed E-state index contributed by atoms with van der Waals surface area (Å²) in [6, 6.07) is 20.0. The number of anilines is 1. The first kappa shape index (κ1) is 31.3. The molecule has 0 bridgehead atoms. The van der Waals surface area contributed by atoms with Gasteiger partial charge in [-0.05, 0) is 62.3 Å². The molecule has 4 fully saturated rings. The van der Waals surface area contributed by atoms with Gasteiger partial charge < -0.3 is 29.3 Å². The predicted molar refractivity (Wildman–Crippen MR) is 181 cm³/mol. The van der Waals surface area contributed by atoms with Crippen LogP contribution in [-0.2, 0) is 20.9 Å². The summed E-state index contributed by atoms with van der Waals surface area (Å²) < 4.78 is 25.1. The van der Waals surface area contributed by atoms with Gasteiger partial charge in [0.2, 0.25) is 0 Å². The van der Waals surface area contributed by atoms with Crippen LogP contribution in [0.2, 0.25) is 0 Å². The number of rotatable bonds is 8. The number of nitrogens with zero attached hydrogens (tertiary/aromatic N) is 5. The lowest BCUT2D eigenvalue weighted by molar-refractivity contribution is -0.198. The van der Waals surface area contributed by atoms with E-state index in [1.165, 1.54) is 5.56 Å². The molecular weight excluding hydrogens is 607 g/mol. The standard InChI is InChI=1S/C38H45FN6O3/c39-31-23-29-35-37(34(31)41-14-7-16-42-17-15-40-25-42)48-33-13-12-27(26-8-3-1-4-9-26)22-32(33)45(35)24-30(36(29)46)38(47)44-20-18-43(19-21-44)28-10-5-2-6-11-28/h1-6,8-11,15,17,24-25,27,29,31-35,37,41H,7,12-14,16,18-23H2. The molecule has 2 saturated carbocycles.